The van der Waals surface area contributed by atoms with Gasteiger partial charge in [-0.25, -0.2) is 8.42 Å². The van der Waals surface area contributed by atoms with Gasteiger partial charge in [0, 0.05) is 32.1 Å². The molecular formula is C35H42N2O3S. The van der Waals surface area contributed by atoms with Crippen molar-refractivity contribution in [2.24, 2.45) is 11.8 Å². The van der Waals surface area contributed by atoms with E-state index in [1.807, 2.05) is 60.7 Å². The lowest BCUT2D eigenvalue weighted by Crippen LogP contribution is -2.45. The van der Waals surface area contributed by atoms with Crippen molar-refractivity contribution in [3.8, 4) is 11.1 Å². The first-order chi connectivity index (χ1) is 19.9. The highest BCUT2D eigenvalue weighted by Gasteiger charge is 2.32. The Balaban J connectivity index is 1.25. The third kappa shape index (κ3) is 7.55. The maximum Gasteiger partial charge on any atom is 0.243 e. The van der Waals surface area contributed by atoms with Crippen LogP contribution in [0.1, 0.15) is 57.4 Å². The zero-order chi connectivity index (χ0) is 28.7. The number of rotatable bonds is 9. The minimum Gasteiger partial charge on any atom is -0.338 e. The molecule has 0 bridgehead atoms. The van der Waals surface area contributed by atoms with Crippen molar-refractivity contribution < 1.29 is 13.2 Å². The van der Waals surface area contributed by atoms with E-state index in [2.05, 4.69) is 30.0 Å². The first kappa shape index (κ1) is 29.3. The highest BCUT2D eigenvalue weighted by atomic mass is 32.2. The van der Waals surface area contributed by atoms with Crippen LogP contribution in [0.2, 0.25) is 0 Å². The maximum absolute atomic E-state index is 13.7. The molecule has 0 aromatic heterocycles. The van der Waals surface area contributed by atoms with Gasteiger partial charge in [0.05, 0.1) is 4.90 Å². The van der Waals surface area contributed by atoms with Crippen LogP contribution < -0.4 is 0 Å². The third-order valence-electron chi connectivity index (χ3n) is 8.55. The van der Waals surface area contributed by atoms with Crippen LogP contribution in [-0.4, -0.2) is 49.7 Å². The fourth-order valence-corrected chi connectivity index (χ4v) is 7.80. The molecule has 216 valence electrons. The minimum atomic E-state index is -3.59. The summed E-state index contributed by atoms with van der Waals surface area (Å²) < 4.78 is 28.8. The van der Waals surface area contributed by atoms with Crippen LogP contribution in [-0.2, 0) is 14.8 Å². The van der Waals surface area contributed by atoms with Crippen molar-refractivity contribution in [2.45, 2.75) is 56.8 Å². The second-order valence-corrected chi connectivity index (χ2v) is 13.6. The fraction of sp³-hybridized carbons (Fsp3) is 0.400. The molecule has 0 radical (unpaired) electrons. The van der Waals surface area contributed by atoms with E-state index in [0.717, 1.165) is 55.2 Å². The molecule has 3 aromatic rings. The Morgan fingerprint density at radius 3 is 2.15 bits per heavy atom. The average Bonchev–Trinajstić information content (AvgIpc) is 3.02. The normalized spacial score (nSPS) is 17.8. The molecule has 0 atom stereocenters. The lowest BCUT2D eigenvalue weighted by molar-refractivity contribution is -0.137. The molecule has 1 heterocycles. The molecule has 3 aromatic carbocycles. The molecule has 1 aliphatic heterocycles. The number of piperidine rings is 1. The van der Waals surface area contributed by atoms with E-state index in [1.54, 1.807) is 16.4 Å². The van der Waals surface area contributed by atoms with Gasteiger partial charge in [-0.3, -0.25) is 4.79 Å². The van der Waals surface area contributed by atoms with Gasteiger partial charge in [0.1, 0.15) is 0 Å². The monoisotopic (exact) mass is 570 g/mol. The molecule has 41 heavy (non-hydrogen) atoms. The van der Waals surface area contributed by atoms with Gasteiger partial charge in [-0.15, -0.1) is 0 Å². The zero-order valence-electron chi connectivity index (χ0n) is 24.1. The topological polar surface area (TPSA) is 57.7 Å². The van der Waals surface area contributed by atoms with Gasteiger partial charge in [-0.1, -0.05) is 104 Å². The summed E-state index contributed by atoms with van der Waals surface area (Å²) in [6, 6.07) is 27.4. The van der Waals surface area contributed by atoms with Crippen LogP contribution >= 0.6 is 0 Å². The van der Waals surface area contributed by atoms with E-state index in [4.69, 9.17) is 0 Å². The van der Waals surface area contributed by atoms with Crippen LogP contribution in [0.15, 0.2) is 95.4 Å². The Bertz CT molecular complexity index is 1420. The molecule has 6 heteroatoms. The Morgan fingerprint density at radius 2 is 1.46 bits per heavy atom. The molecule has 1 aliphatic carbocycles. The highest BCUT2D eigenvalue weighted by Crippen LogP contribution is 2.30. The lowest BCUT2D eigenvalue weighted by Gasteiger charge is -2.36. The summed E-state index contributed by atoms with van der Waals surface area (Å²) in [5.41, 5.74) is 4.21. The quantitative estimate of drug-likeness (QED) is 0.272. The summed E-state index contributed by atoms with van der Waals surface area (Å²) in [6.45, 7) is 4.37. The molecule has 5 rings (SSSR count). The van der Waals surface area contributed by atoms with Crippen LogP contribution in [0.25, 0.3) is 17.2 Å². The highest BCUT2D eigenvalue weighted by molar-refractivity contribution is 7.89. The summed E-state index contributed by atoms with van der Waals surface area (Å²) in [4.78, 5) is 16.1. The van der Waals surface area contributed by atoms with E-state index in [9.17, 15) is 13.2 Å². The van der Waals surface area contributed by atoms with Crippen LogP contribution in [0, 0.1) is 11.8 Å². The van der Waals surface area contributed by atoms with Gasteiger partial charge in [0.15, 0.2) is 0 Å². The number of nitrogens with zero attached hydrogens (tertiary/aromatic N) is 2. The zero-order valence-corrected chi connectivity index (χ0v) is 24.9. The molecule has 0 spiro atoms. The fourth-order valence-electron chi connectivity index (χ4n) is 6.28. The minimum absolute atomic E-state index is 0.116. The summed E-state index contributed by atoms with van der Waals surface area (Å²) in [5, 5.41) is 0. The Labute approximate surface area is 245 Å². The van der Waals surface area contributed by atoms with Crippen molar-refractivity contribution >= 4 is 22.0 Å². The van der Waals surface area contributed by atoms with E-state index in [-0.39, 0.29) is 17.7 Å². The number of carbonyl (C=O) groups is 1. The Hall–Kier alpha value is -3.22. The second-order valence-electron chi connectivity index (χ2n) is 11.7. The molecule has 0 N–H and O–H groups in total. The summed E-state index contributed by atoms with van der Waals surface area (Å²) in [6.07, 6.45) is 9.12. The van der Waals surface area contributed by atoms with Crippen LogP contribution in [0.4, 0.5) is 0 Å². The average molecular weight is 571 g/mol. The van der Waals surface area contributed by atoms with Crippen molar-refractivity contribution in [3.05, 3.63) is 96.1 Å². The summed E-state index contributed by atoms with van der Waals surface area (Å²) in [5.74, 6) is 0.679. The molecule has 1 saturated heterocycles. The molecule has 5 nitrogen and oxygen atoms in total. The summed E-state index contributed by atoms with van der Waals surface area (Å²) >= 11 is 0. The van der Waals surface area contributed by atoms with E-state index >= 15 is 0 Å². The smallest absolute Gasteiger partial charge is 0.243 e. The first-order valence-corrected chi connectivity index (χ1v) is 16.5. The number of amides is 1. The molecule has 1 amide bonds. The maximum atomic E-state index is 13.7. The Morgan fingerprint density at radius 1 is 0.829 bits per heavy atom. The Kier molecular flexibility index (Phi) is 9.73. The van der Waals surface area contributed by atoms with Gasteiger partial charge in [0.25, 0.3) is 0 Å². The van der Waals surface area contributed by atoms with Gasteiger partial charge in [-0.2, -0.15) is 4.31 Å². The van der Waals surface area contributed by atoms with Gasteiger partial charge in [0.2, 0.25) is 15.9 Å². The van der Waals surface area contributed by atoms with E-state index in [1.165, 1.54) is 12.0 Å². The predicted molar refractivity (Wildman–Crippen MR) is 167 cm³/mol. The standard InChI is InChI=1S/C35H42N2O3S/c1-28(24-29-12-5-2-6-13-29)26-36(35(38)32-16-9-4-10-17-32)27-30-20-22-37(23-21-30)41(39,40)34-19-11-18-33(25-34)31-14-7-3-8-15-31/h2-3,5-8,11-15,18-19,24-25,30,32H,4,9-10,16-17,20-23,26-27H2,1H3. The number of sulfonamides is 1. The SMILES string of the molecule is CC(=Cc1ccccc1)CN(CC1CCN(S(=O)(=O)c2cccc(-c3ccccc3)c2)CC1)C(=O)C1CCCCC1. The summed E-state index contributed by atoms with van der Waals surface area (Å²) in [7, 11) is -3.59. The third-order valence-corrected chi connectivity index (χ3v) is 10.4. The van der Waals surface area contributed by atoms with E-state index in [0.29, 0.717) is 31.1 Å². The second kappa shape index (κ2) is 13.6. The van der Waals surface area contributed by atoms with E-state index < -0.39 is 10.0 Å². The van der Waals surface area contributed by atoms with Crippen molar-refractivity contribution in [1.82, 2.24) is 9.21 Å². The van der Waals surface area contributed by atoms with Crippen LogP contribution in [0.3, 0.4) is 0 Å². The van der Waals surface area contributed by atoms with Gasteiger partial charge in [-0.05, 0) is 67.3 Å². The number of carbonyl (C=O) groups excluding carboxylic acids is 1. The van der Waals surface area contributed by atoms with Crippen molar-refractivity contribution in [3.63, 3.8) is 0 Å². The first-order valence-electron chi connectivity index (χ1n) is 15.1. The van der Waals surface area contributed by atoms with Crippen molar-refractivity contribution in [2.75, 3.05) is 26.2 Å². The van der Waals surface area contributed by atoms with Gasteiger partial charge < -0.3 is 4.90 Å². The lowest BCUT2D eigenvalue weighted by atomic mass is 9.87. The molecule has 2 fully saturated rings. The molecule has 2 aliphatic rings. The number of benzene rings is 3. The molecule has 0 unspecified atom stereocenters. The largest absolute Gasteiger partial charge is 0.338 e. The number of hydrogen-bond donors (Lipinski definition) is 0. The van der Waals surface area contributed by atoms with Crippen LogP contribution in [0.5, 0.6) is 0 Å². The van der Waals surface area contributed by atoms with Crippen molar-refractivity contribution in [1.29, 1.82) is 0 Å². The molecule has 1 saturated carbocycles. The van der Waals surface area contributed by atoms with Gasteiger partial charge >= 0.3 is 0 Å². The number of hydrogen-bond acceptors (Lipinski definition) is 3. The predicted octanol–water partition coefficient (Wildman–Crippen LogP) is 7.27. The molecular weight excluding hydrogens is 528 g/mol.